The summed E-state index contributed by atoms with van der Waals surface area (Å²) in [5.74, 6) is 0. The molecule has 2 N–H and O–H groups in total. The normalized spacial score (nSPS) is 20.2. The first kappa shape index (κ1) is 13.9. The Balaban J connectivity index is 2.50. The second-order valence-corrected chi connectivity index (χ2v) is 5.09. The molecule has 0 aromatic carbocycles. The van der Waals surface area contributed by atoms with Crippen molar-refractivity contribution in [1.82, 2.24) is 4.90 Å². The summed E-state index contributed by atoms with van der Waals surface area (Å²) in [6.45, 7) is 10.7. The predicted octanol–water partition coefficient (Wildman–Crippen LogP) is 1.86. The molecule has 1 saturated heterocycles. The zero-order valence-corrected chi connectivity index (χ0v) is 11.0. The van der Waals surface area contributed by atoms with Crippen LogP contribution in [0.25, 0.3) is 0 Å². The van der Waals surface area contributed by atoms with Crippen LogP contribution in [0.2, 0.25) is 0 Å². The van der Waals surface area contributed by atoms with Crippen molar-refractivity contribution in [3.05, 3.63) is 0 Å². The summed E-state index contributed by atoms with van der Waals surface area (Å²) in [5.41, 5.74) is 6.32. The molecule has 0 atom stereocenters. The Morgan fingerprint density at radius 3 is 2.12 bits per heavy atom. The molecule has 0 aromatic heterocycles. The molecule has 0 aromatic rings. The van der Waals surface area contributed by atoms with Gasteiger partial charge >= 0.3 is 0 Å². The third-order valence-electron chi connectivity index (χ3n) is 3.63. The number of nitrogens with zero attached hydrogens (tertiary/aromatic N) is 1. The molecule has 96 valence electrons. The first-order valence-electron chi connectivity index (χ1n) is 6.76. The fourth-order valence-electron chi connectivity index (χ4n) is 2.61. The number of nitrogens with two attached hydrogens (primary N) is 1. The fourth-order valence-corrected chi connectivity index (χ4v) is 2.61. The highest BCUT2D eigenvalue weighted by molar-refractivity contribution is 4.86. The van der Waals surface area contributed by atoms with Gasteiger partial charge in [0.2, 0.25) is 0 Å². The van der Waals surface area contributed by atoms with Crippen molar-refractivity contribution in [2.45, 2.75) is 39.5 Å². The first-order chi connectivity index (χ1) is 7.76. The Morgan fingerprint density at radius 1 is 1.12 bits per heavy atom. The Kier molecular flexibility index (Phi) is 6.32. The molecular weight excluding hydrogens is 200 g/mol. The molecule has 16 heavy (non-hydrogen) atoms. The summed E-state index contributed by atoms with van der Waals surface area (Å²) in [5, 5.41) is 0. The average Bonchev–Trinajstić information content (AvgIpc) is 2.31. The lowest BCUT2D eigenvalue weighted by Crippen LogP contribution is -2.46. The molecular formula is C13H28N2O. The van der Waals surface area contributed by atoms with Gasteiger partial charge in [-0.2, -0.15) is 0 Å². The predicted molar refractivity (Wildman–Crippen MR) is 68.6 cm³/mol. The summed E-state index contributed by atoms with van der Waals surface area (Å²) in [4.78, 5) is 2.58. The molecule has 0 radical (unpaired) electrons. The van der Waals surface area contributed by atoms with Gasteiger partial charge < -0.3 is 15.4 Å². The fraction of sp³-hybridized carbons (Fsp3) is 1.00. The minimum Gasteiger partial charge on any atom is -0.381 e. The average molecular weight is 228 g/mol. The maximum atomic E-state index is 6.00. The lowest BCUT2D eigenvalue weighted by molar-refractivity contribution is -0.000136. The van der Waals surface area contributed by atoms with Crippen molar-refractivity contribution in [3.8, 4) is 0 Å². The minimum absolute atomic E-state index is 0.322. The molecule has 0 unspecified atom stereocenters. The van der Waals surface area contributed by atoms with Crippen LogP contribution in [0.1, 0.15) is 39.5 Å². The van der Waals surface area contributed by atoms with E-state index in [-0.39, 0.29) is 0 Å². The zero-order chi connectivity index (χ0) is 11.9. The summed E-state index contributed by atoms with van der Waals surface area (Å²) in [7, 11) is 0. The molecule has 0 saturated carbocycles. The number of rotatable bonds is 7. The van der Waals surface area contributed by atoms with E-state index in [0.29, 0.717) is 5.41 Å². The van der Waals surface area contributed by atoms with E-state index in [1.54, 1.807) is 0 Å². The Labute approximate surface area is 100 Å². The van der Waals surface area contributed by atoms with Crippen molar-refractivity contribution in [2.75, 3.05) is 39.4 Å². The topological polar surface area (TPSA) is 38.5 Å². The summed E-state index contributed by atoms with van der Waals surface area (Å²) >= 11 is 0. The van der Waals surface area contributed by atoms with Crippen LogP contribution in [0.15, 0.2) is 0 Å². The van der Waals surface area contributed by atoms with Crippen molar-refractivity contribution in [2.24, 2.45) is 11.1 Å². The summed E-state index contributed by atoms with van der Waals surface area (Å²) < 4.78 is 5.45. The van der Waals surface area contributed by atoms with Gasteiger partial charge in [0.1, 0.15) is 0 Å². The van der Waals surface area contributed by atoms with E-state index in [1.165, 1.54) is 25.9 Å². The van der Waals surface area contributed by atoms with Gasteiger partial charge in [-0.3, -0.25) is 0 Å². The van der Waals surface area contributed by atoms with Gasteiger partial charge in [0.15, 0.2) is 0 Å². The summed E-state index contributed by atoms with van der Waals surface area (Å²) in [6.07, 6.45) is 4.73. The number of hydrogen-bond donors (Lipinski definition) is 1. The van der Waals surface area contributed by atoms with Crippen LogP contribution in [0, 0.1) is 5.41 Å². The van der Waals surface area contributed by atoms with Gasteiger partial charge in [0, 0.05) is 19.8 Å². The van der Waals surface area contributed by atoms with E-state index in [4.69, 9.17) is 10.5 Å². The van der Waals surface area contributed by atoms with Gasteiger partial charge in [-0.25, -0.2) is 0 Å². The molecule has 0 bridgehead atoms. The monoisotopic (exact) mass is 228 g/mol. The molecule has 3 heteroatoms. The Morgan fingerprint density at radius 2 is 1.69 bits per heavy atom. The third kappa shape index (κ3) is 4.04. The largest absolute Gasteiger partial charge is 0.381 e. The van der Waals surface area contributed by atoms with Crippen LogP contribution >= 0.6 is 0 Å². The SMILES string of the molecule is CCCN(CCC)CC1(CN)CCOCC1. The van der Waals surface area contributed by atoms with E-state index in [2.05, 4.69) is 18.7 Å². The van der Waals surface area contributed by atoms with Crippen molar-refractivity contribution in [1.29, 1.82) is 0 Å². The van der Waals surface area contributed by atoms with Gasteiger partial charge in [0.05, 0.1) is 0 Å². The molecule has 1 rings (SSSR count). The molecule has 1 aliphatic rings. The molecule has 1 fully saturated rings. The zero-order valence-electron chi connectivity index (χ0n) is 11.0. The second-order valence-electron chi connectivity index (χ2n) is 5.09. The smallest absolute Gasteiger partial charge is 0.0472 e. The van der Waals surface area contributed by atoms with Crippen LogP contribution in [-0.4, -0.2) is 44.3 Å². The Bertz CT molecular complexity index is 173. The molecule has 1 heterocycles. The van der Waals surface area contributed by atoms with Gasteiger partial charge in [-0.05, 0) is 50.7 Å². The second kappa shape index (κ2) is 7.25. The highest BCUT2D eigenvalue weighted by Crippen LogP contribution is 2.30. The molecule has 0 aliphatic carbocycles. The van der Waals surface area contributed by atoms with Gasteiger partial charge in [-0.1, -0.05) is 13.8 Å². The van der Waals surface area contributed by atoms with Crippen LogP contribution < -0.4 is 5.73 Å². The first-order valence-corrected chi connectivity index (χ1v) is 6.76. The van der Waals surface area contributed by atoms with Gasteiger partial charge in [0.25, 0.3) is 0 Å². The Hall–Kier alpha value is -0.120. The van der Waals surface area contributed by atoms with Crippen LogP contribution in [0.3, 0.4) is 0 Å². The maximum absolute atomic E-state index is 6.00. The molecule has 0 amide bonds. The molecule has 3 nitrogen and oxygen atoms in total. The van der Waals surface area contributed by atoms with E-state index < -0.39 is 0 Å². The number of ether oxygens (including phenoxy) is 1. The maximum Gasteiger partial charge on any atom is 0.0472 e. The lowest BCUT2D eigenvalue weighted by Gasteiger charge is -2.40. The van der Waals surface area contributed by atoms with Crippen LogP contribution in [0.4, 0.5) is 0 Å². The molecule has 1 aliphatic heterocycles. The number of hydrogen-bond acceptors (Lipinski definition) is 3. The van der Waals surface area contributed by atoms with Crippen molar-refractivity contribution < 1.29 is 4.74 Å². The van der Waals surface area contributed by atoms with E-state index >= 15 is 0 Å². The highest BCUT2D eigenvalue weighted by Gasteiger charge is 2.32. The van der Waals surface area contributed by atoms with Crippen LogP contribution in [-0.2, 0) is 4.74 Å². The molecule has 0 spiro atoms. The quantitative estimate of drug-likeness (QED) is 0.723. The standard InChI is InChI=1S/C13H28N2O/c1-3-7-15(8-4-2)12-13(11-14)5-9-16-10-6-13/h3-12,14H2,1-2H3. The van der Waals surface area contributed by atoms with Crippen molar-refractivity contribution >= 4 is 0 Å². The summed E-state index contributed by atoms with van der Waals surface area (Å²) in [6, 6.07) is 0. The third-order valence-corrected chi connectivity index (χ3v) is 3.63. The van der Waals surface area contributed by atoms with E-state index in [0.717, 1.165) is 39.1 Å². The lowest BCUT2D eigenvalue weighted by atomic mass is 9.79. The van der Waals surface area contributed by atoms with E-state index in [9.17, 15) is 0 Å². The van der Waals surface area contributed by atoms with Crippen molar-refractivity contribution in [3.63, 3.8) is 0 Å². The highest BCUT2D eigenvalue weighted by atomic mass is 16.5. The van der Waals surface area contributed by atoms with Crippen LogP contribution in [0.5, 0.6) is 0 Å². The van der Waals surface area contributed by atoms with E-state index in [1.807, 2.05) is 0 Å². The van der Waals surface area contributed by atoms with Gasteiger partial charge in [-0.15, -0.1) is 0 Å². The minimum atomic E-state index is 0.322.